The lowest BCUT2D eigenvalue weighted by Crippen LogP contribution is -2.27. The summed E-state index contributed by atoms with van der Waals surface area (Å²) in [5.41, 5.74) is 1.10. The van der Waals surface area contributed by atoms with Crippen LogP contribution in [0.15, 0.2) is 24.3 Å². The lowest BCUT2D eigenvalue weighted by atomic mass is 9.82. The van der Waals surface area contributed by atoms with Crippen LogP contribution in [0.5, 0.6) is 0 Å². The van der Waals surface area contributed by atoms with E-state index in [4.69, 9.17) is 0 Å². The first-order chi connectivity index (χ1) is 9.13. The zero-order valence-electron chi connectivity index (χ0n) is 10.9. The van der Waals surface area contributed by atoms with Gasteiger partial charge in [0.2, 0.25) is 0 Å². The van der Waals surface area contributed by atoms with E-state index in [1.807, 2.05) is 0 Å². The van der Waals surface area contributed by atoms with Crippen molar-refractivity contribution in [1.29, 1.82) is 0 Å². The normalized spacial score (nSPS) is 30.5. The van der Waals surface area contributed by atoms with Gasteiger partial charge in [0.15, 0.2) is 0 Å². The van der Waals surface area contributed by atoms with Crippen LogP contribution in [0.3, 0.4) is 0 Å². The van der Waals surface area contributed by atoms with Gasteiger partial charge in [0, 0.05) is 12.1 Å². The molecule has 4 nitrogen and oxygen atoms in total. The number of nitro benzene ring substituents is 1. The Balaban J connectivity index is 1.63. The largest absolute Gasteiger partial charge is 0.392 e. The second-order valence-corrected chi connectivity index (χ2v) is 6.03. The molecule has 2 saturated carbocycles. The standard InChI is InChI=1S/C15H19NO3/c17-15(14-8-11-1-4-12(14)7-11)9-10-2-5-13(6-3-10)16(18)19/h2-3,5-6,11-12,14-15,17H,1,4,7-9H2. The van der Waals surface area contributed by atoms with E-state index < -0.39 is 4.92 Å². The van der Waals surface area contributed by atoms with Crippen molar-refractivity contribution in [3.8, 4) is 0 Å². The van der Waals surface area contributed by atoms with Gasteiger partial charge >= 0.3 is 0 Å². The van der Waals surface area contributed by atoms with E-state index in [9.17, 15) is 15.2 Å². The van der Waals surface area contributed by atoms with Gasteiger partial charge in [0.05, 0.1) is 11.0 Å². The highest BCUT2D eigenvalue weighted by Crippen LogP contribution is 2.49. The number of rotatable bonds is 4. The summed E-state index contributed by atoms with van der Waals surface area (Å²) in [6, 6.07) is 6.55. The number of fused-ring (bicyclic) bond motifs is 2. The maximum atomic E-state index is 10.6. The summed E-state index contributed by atoms with van der Waals surface area (Å²) in [6.45, 7) is 0. The molecule has 4 atom stereocenters. The number of nitrogens with zero attached hydrogens (tertiary/aromatic N) is 1. The smallest absolute Gasteiger partial charge is 0.269 e. The van der Waals surface area contributed by atoms with Crippen LogP contribution in [0.4, 0.5) is 5.69 Å². The van der Waals surface area contributed by atoms with Gasteiger partial charge in [-0.3, -0.25) is 10.1 Å². The highest BCUT2D eigenvalue weighted by Gasteiger charge is 2.42. The molecule has 0 aromatic heterocycles. The Morgan fingerprint density at radius 2 is 2.00 bits per heavy atom. The average molecular weight is 261 g/mol. The van der Waals surface area contributed by atoms with E-state index in [1.165, 1.54) is 37.8 Å². The average Bonchev–Trinajstić information content (AvgIpc) is 3.01. The molecule has 3 rings (SSSR count). The van der Waals surface area contributed by atoms with Crippen molar-refractivity contribution in [2.45, 2.75) is 38.2 Å². The molecule has 0 heterocycles. The first kappa shape index (κ1) is 12.6. The molecule has 2 aliphatic carbocycles. The SMILES string of the molecule is O=[N+]([O-])c1ccc(CC(O)C2CC3CCC2C3)cc1. The Labute approximate surface area is 112 Å². The zero-order chi connectivity index (χ0) is 13.4. The molecular weight excluding hydrogens is 242 g/mol. The minimum absolute atomic E-state index is 0.109. The summed E-state index contributed by atoms with van der Waals surface area (Å²) in [7, 11) is 0. The second-order valence-electron chi connectivity index (χ2n) is 6.03. The van der Waals surface area contributed by atoms with Gasteiger partial charge in [-0.2, -0.15) is 0 Å². The highest BCUT2D eigenvalue weighted by atomic mass is 16.6. The van der Waals surface area contributed by atoms with Crippen molar-refractivity contribution in [2.75, 3.05) is 0 Å². The molecule has 4 unspecified atom stereocenters. The van der Waals surface area contributed by atoms with E-state index in [0.29, 0.717) is 18.3 Å². The Hall–Kier alpha value is -1.42. The molecule has 2 aliphatic rings. The minimum Gasteiger partial charge on any atom is -0.392 e. The third kappa shape index (κ3) is 2.50. The number of nitro groups is 1. The number of non-ortho nitro benzene ring substituents is 1. The van der Waals surface area contributed by atoms with Gasteiger partial charge in [-0.1, -0.05) is 18.6 Å². The van der Waals surface area contributed by atoms with Crippen molar-refractivity contribution in [1.82, 2.24) is 0 Å². The molecule has 2 bridgehead atoms. The summed E-state index contributed by atoms with van der Waals surface area (Å²) in [5, 5.41) is 21.0. The van der Waals surface area contributed by atoms with Crippen LogP contribution in [-0.2, 0) is 6.42 Å². The molecule has 0 amide bonds. The first-order valence-electron chi connectivity index (χ1n) is 7.05. The van der Waals surface area contributed by atoms with Gasteiger partial charge < -0.3 is 5.11 Å². The number of benzene rings is 1. The topological polar surface area (TPSA) is 63.4 Å². The van der Waals surface area contributed by atoms with Crippen LogP contribution < -0.4 is 0 Å². The maximum Gasteiger partial charge on any atom is 0.269 e. The summed E-state index contributed by atoms with van der Waals surface area (Å²) in [4.78, 5) is 10.2. The van der Waals surface area contributed by atoms with Crippen molar-refractivity contribution in [3.63, 3.8) is 0 Å². The molecule has 4 heteroatoms. The molecule has 2 fully saturated rings. The summed E-state index contributed by atoms with van der Waals surface area (Å²) >= 11 is 0. The van der Waals surface area contributed by atoms with E-state index in [-0.39, 0.29) is 11.8 Å². The van der Waals surface area contributed by atoms with E-state index >= 15 is 0 Å². The van der Waals surface area contributed by atoms with Crippen LogP contribution in [0.25, 0.3) is 0 Å². The lowest BCUT2D eigenvalue weighted by Gasteiger charge is -2.26. The van der Waals surface area contributed by atoms with Crippen molar-refractivity contribution >= 4 is 5.69 Å². The molecular formula is C15H19NO3. The van der Waals surface area contributed by atoms with Gasteiger partial charge in [-0.25, -0.2) is 0 Å². The maximum absolute atomic E-state index is 10.6. The number of hydrogen-bond acceptors (Lipinski definition) is 3. The lowest BCUT2D eigenvalue weighted by molar-refractivity contribution is -0.384. The summed E-state index contributed by atoms with van der Waals surface area (Å²) in [6.07, 6.45) is 5.39. The molecule has 1 aromatic carbocycles. The molecule has 1 aromatic rings. The predicted molar refractivity (Wildman–Crippen MR) is 71.7 cm³/mol. The molecule has 0 saturated heterocycles. The highest BCUT2D eigenvalue weighted by molar-refractivity contribution is 5.33. The fraction of sp³-hybridized carbons (Fsp3) is 0.600. The van der Waals surface area contributed by atoms with Crippen LogP contribution in [0.1, 0.15) is 31.2 Å². The van der Waals surface area contributed by atoms with Crippen molar-refractivity contribution in [3.05, 3.63) is 39.9 Å². The van der Waals surface area contributed by atoms with Crippen molar-refractivity contribution < 1.29 is 10.0 Å². The summed E-state index contributed by atoms with van der Waals surface area (Å²) in [5.74, 6) is 1.98. The predicted octanol–water partition coefficient (Wildman–Crippen LogP) is 2.93. The molecule has 19 heavy (non-hydrogen) atoms. The molecule has 0 spiro atoms. The second kappa shape index (κ2) is 4.93. The molecule has 0 aliphatic heterocycles. The number of aliphatic hydroxyl groups is 1. The van der Waals surface area contributed by atoms with E-state index in [1.54, 1.807) is 12.1 Å². The molecule has 0 radical (unpaired) electrons. The Bertz CT molecular complexity index is 471. The first-order valence-corrected chi connectivity index (χ1v) is 7.05. The fourth-order valence-corrected chi connectivity index (χ4v) is 3.91. The van der Waals surface area contributed by atoms with E-state index in [2.05, 4.69) is 0 Å². The quantitative estimate of drug-likeness (QED) is 0.669. The van der Waals surface area contributed by atoms with Crippen molar-refractivity contribution in [2.24, 2.45) is 17.8 Å². The van der Waals surface area contributed by atoms with Crippen LogP contribution in [0, 0.1) is 27.9 Å². The number of aliphatic hydroxyl groups excluding tert-OH is 1. The molecule has 1 N–H and O–H groups in total. The van der Waals surface area contributed by atoms with E-state index in [0.717, 1.165) is 11.5 Å². The Morgan fingerprint density at radius 1 is 1.26 bits per heavy atom. The van der Waals surface area contributed by atoms with Crippen LogP contribution in [0.2, 0.25) is 0 Å². The van der Waals surface area contributed by atoms with Crippen LogP contribution >= 0.6 is 0 Å². The zero-order valence-corrected chi connectivity index (χ0v) is 10.9. The minimum atomic E-state index is -0.393. The Kier molecular flexibility index (Phi) is 3.27. The van der Waals surface area contributed by atoms with Gasteiger partial charge in [0.1, 0.15) is 0 Å². The Morgan fingerprint density at radius 3 is 2.53 bits per heavy atom. The number of hydrogen-bond donors (Lipinski definition) is 1. The van der Waals surface area contributed by atoms with Gasteiger partial charge in [0.25, 0.3) is 5.69 Å². The third-order valence-electron chi connectivity index (χ3n) is 4.88. The monoisotopic (exact) mass is 261 g/mol. The summed E-state index contributed by atoms with van der Waals surface area (Å²) < 4.78 is 0. The molecule has 102 valence electrons. The van der Waals surface area contributed by atoms with Crippen LogP contribution in [-0.4, -0.2) is 16.1 Å². The third-order valence-corrected chi connectivity index (χ3v) is 4.88. The van der Waals surface area contributed by atoms with Gasteiger partial charge in [-0.05, 0) is 49.0 Å². The van der Waals surface area contributed by atoms with Gasteiger partial charge in [-0.15, -0.1) is 0 Å². The fourth-order valence-electron chi connectivity index (χ4n) is 3.91.